The van der Waals surface area contributed by atoms with Gasteiger partial charge in [0, 0.05) is 17.8 Å². The average Bonchev–Trinajstić information content (AvgIpc) is 2.74. The highest BCUT2D eigenvalue weighted by Crippen LogP contribution is 2.39. The van der Waals surface area contributed by atoms with E-state index in [0.717, 1.165) is 12.8 Å². The van der Waals surface area contributed by atoms with Crippen LogP contribution in [0.3, 0.4) is 0 Å². The van der Waals surface area contributed by atoms with E-state index in [1.54, 1.807) is 18.8 Å². The Balaban J connectivity index is 2.43. The van der Waals surface area contributed by atoms with Crippen LogP contribution in [-0.4, -0.2) is 45.3 Å². The lowest BCUT2D eigenvalue weighted by Gasteiger charge is -2.26. The molecule has 4 nitrogen and oxygen atoms in total. The Bertz CT molecular complexity index is 298. The van der Waals surface area contributed by atoms with Gasteiger partial charge in [0.1, 0.15) is 0 Å². The van der Waals surface area contributed by atoms with Crippen molar-refractivity contribution in [3.05, 3.63) is 0 Å². The van der Waals surface area contributed by atoms with Crippen LogP contribution in [-0.2, 0) is 10.0 Å². The second-order valence-electron chi connectivity index (χ2n) is 4.34. The van der Waals surface area contributed by atoms with Crippen LogP contribution in [0.2, 0.25) is 0 Å². The predicted molar refractivity (Wildman–Crippen MR) is 70.4 cm³/mol. The van der Waals surface area contributed by atoms with E-state index in [0.29, 0.717) is 13.1 Å². The molecule has 16 heavy (non-hydrogen) atoms. The van der Waals surface area contributed by atoms with E-state index in [-0.39, 0.29) is 10.5 Å². The fourth-order valence-electron chi connectivity index (χ4n) is 2.02. The molecule has 0 aromatic heterocycles. The molecule has 0 aliphatic heterocycles. The fraction of sp³-hybridized carbons (Fsp3) is 1.00. The topological polar surface area (TPSA) is 58.2 Å². The Labute approximate surface area is 103 Å². The summed E-state index contributed by atoms with van der Waals surface area (Å²) in [5, 5.41) is 2.85. The molecule has 96 valence electrons. The van der Waals surface area contributed by atoms with E-state index in [1.807, 2.05) is 0 Å². The number of rotatable bonds is 7. The SMILES string of the molecule is CNCCS(=O)(=O)NCC1(SC)CCCC1. The van der Waals surface area contributed by atoms with Crippen LogP contribution in [0.1, 0.15) is 25.7 Å². The zero-order chi connectivity index (χ0) is 12.1. The molecule has 0 radical (unpaired) electrons. The molecule has 0 unspecified atom stereocenters. The summed E-state index contributed by atoms with van der Waals surface area (Å²) in [6.07, 6.45) is 6.77. The monoisotopic (exact) mass is 266 g/mol. The third-order valence-corrected chi connectivity index (χ3v) is 5.93. The van der Waals surface area contributed by atoms with Gasteiger partial charge in [-0.15, -0.1) is 0 Å². The smallest absolute Gasteiger partial charge is 0.212 e. The highest BCUT2D eigenvalue weighted by molar-refractivity contribution is 8.00. The Morgan fingerprint density at radius 3 is 2.44 bits per heavy atom. The number of sulfonamides is 1. The minimum absolute atomic E-state index is 0.146. The lowest BCUT2D eigenvalue weighted by molar-refractivity contribution is 0.550. The highest BCUT2D eigenvalue weighted by Gasteiger charge is 2.33. The van der Waals surface area contributed by atoms with Gasteiger partial charge in [-0.2, -0.15) is 11.8 Å². The Morgan fingerprint density at radius 2 is 1.94 bits per heavy atom. The van der Waals surface area contributed by atoms with Gasteiger partial charge >= 0.3 is 0 Å². The van der Waals surface area contributed by atoms with Crippen LogP contribution in [0.25, 0.3) is 0 Å². The van der Waals surface area contributed by atoms with Gasteiger partial charge in [0.2, 0.25) is 10.0 Å². The maximum absolute atomic E-state index is 11.6. The van der Waals surface area contributed by atoms with Gasteiger partial charge in [-0.3, -0.25) is 0 Å². The first-order valence-electron chi connectivity index (χ1n) is 5.71. The molecule has 1 saturated carbocycles. The van der Waals surface area contributed by atoms with E-state index in [2.05, 4.69) is 16.3 Å². The molecule has 0 heterocycles. The molecular weight excluding hydrogens is 244 g/mol. The predicted octanol–water partition coefficient (Wildman–Crippen LogP) is 0.801. The molecule has 0 aromatic carbocycles. The first-order valence-corrected chi connectivity index (χ1v) is 8.58. The summed E-state index contributed by atoms with van der Waals surface area (Å²) in [5.41, 5.74) is 0. The van der Waals surface area contributed by atoms with Gasteiger partial charge in [-0.1, -0.05) is 12.8 Å². The van der Waals surface area contributed by atoms with Gasteiger partial charge in [0.05, 0.1) is 5.75 Å². The van der Waals surface area contributed by atoms with Crippen molar-refractivity contribution in [2.45, 2.75) is 30.4 Å². The van der Waals surface area contributed by atoms with Crippen molar-refractivity contribution in [3.8, 4) is 0 Å². The summed E-state index contributed by atoms with van der Waals surface area (Å²) in [4.78, 5) is 0. The first kappa shape index (κ1) is 14.3. The Hall–Kier alpha value is 0.220. The van der Waals surface area contributed by atoms with Crippen molar-refractivity contribution in [1.82, 2.24) is 10.0 Å². The highest BCUT2D eigenvalue weighted by atomic mass is 32.2. The molecule has 1 fully saturated rings. The Morgan fingerprint density at radius 1 is 1.31 bits per heavy atom. The molecule has 0 spiro atoms. The molecule has 0 aromatic rings. The normalized spacial score (nSPS) is 20.1. The molecule has 1 aliphatic carbocycles. The third-order valence-electron chi connectivity index (χ3n) is 3.18. The molecule has 0 saturated heterocycles. The first-order chi connectivity index (χ1) is 7.54. The zero-order valence-electron chi connectivity index (χ0n) is 10.1. The number of nitrogens with one attached hydrogen (secondary N) is 2. The van der Waals surface area contributed by atoms with Crippen molar-refractivity contribution >= 4 is 21.8 Å². The molecule has 6 heteroatoms. The van der Waals surface area contributed by atoms with E-state index < -0.39 is 10.0 Å². The second kappa shape index (κ2) is 6.23. The lowest BCUT2D eigenvalue weighted by Crippen LogP contribution is -2.40. The standard InChI is InChI=1S/C10H22N2O2S2/c1-11-7-8-16(13,14)12-9-10(15-2)5-3-4-6-10/h11-12H,3-9H2,1-2H3. The van der Waals surface area contributed by atoms with Crippen molar-refractivity contribution in [1.29, 1.82) is 0 Å². The van der Waals surface area contributed by atoms with Gasteiger partial charge in [-0.05, 0) is 26.1 Å². The summed E-state index contributed by atoms with van der Waals surface area (Å²) >= 11 is 1.80. The van der Waals surface area contributed by atoms with E-state index in [9.17, 15) is 8.42 Å². The maximum atomic E-state index is 11.6. The van der Waals surface area contributed by atoms with E-state index in [4.69, 9.17) is 0 Å². The van der Waals surface area contributed by atoms with Crippen molar-refractivity contribution in [2.75, 3.05) is 32.1 Å². The lowest BCUT2D eigenvalue weighted by atomic mass is 10.1. The summed E-state index contributed by atoms with van der Waals surface area (Å²) in [7, 11) is -1.35. The van der Waals surface area contributed by atoms with Gasteiger partial charge in [-0.25, -0.2) is 13.1 Å². The van der Waals surface area contributed by atoms with E-state index >= 15 is 0 Å². The van der Waals surface area contributed by atoms with Gasteiger partial charge < -0.3 is 5.32 Å². The van der Waals surface area contributed by atoms with Crippen molar-refractivity contribution in [2.24, 2.45) is 0 Å². The summed E-state index contributed by atoms with van der Waals surface area (Å²) in [5.74, 6) is 0.161. The van der Waals surface area contributed by atoms with E-state index in [1.165, 1.54) is 12.8 Å². The molecule has 0 amide bonds. The van der Waals surface area contributed by atoms with Crippen LogP contribution in [0.4, 0.5) is 0 Å². The minimum Gasteiger partial charge on any atom is -0.319 e. The number of hydrogen-bond donors (Lipinski definition) is 2. The molecule has 1 aliphatic rings. The average molecular weight is 266 g/mol. The number of thioether (sulfide) groups is 1. The molecule has 0 atom stereocenters. The summed E-state index contributed by atoms with van der Waals surface area (Å²) in [6.45, 7) is 1.09. The quantitative estimate of drug-likeness (QED) is 0.716. The van der Waals surface area contributed by atoms with Crippen LogP contribution in [0.15, 0.2) is 0 Å². The second-order valence-corrected chi connectivity index (χ2v) is 7.54. The summed E-state index contributed by atoms with van der Waals surface area (Å²) in [6, 6.07) is 0. The molecule has 2 N–H and O–H groups in total. The minimum atomic E-state index is -3.11. The van der Waals surface area contributed by atoms with Crippen LogP contribution < -0.4 is 10.0 Å². The van der Waals surface area contributed by atoms with Crippen molar-refractivity contribution < 1.29 is 8.42 Å². The largest absolute Gasteiger partial charge is 0.319 e. The van der Waals surface area contributed by atoms with Gasteiger partial charge in [0.25, 0.3) is 0 Å². The Kier molecular flexibility index (Phi) is 5.56. The zero-order valence-corrected chi connectivity index (χ0v) is 11.7. The van der Waals surface area contributed by atoms with Crippen molar-refractivity contribution in [3.63, 3.8) is 0 Å². The molecular formula is C10H22N2O2S2. The van der Waals surface area contributed by atoms with Crippen LogP contribution >= 0.6 is 11.8 Å². The molecule has 0 bridgehead atoms. The van der Waals surface area contributed by atoms with Crippen LogP contribution in [0, 0.1) is 0 Å². The maximum Gasteiger partial charge on any atom is 0.212 e. The molecule has 1 rings (SSSR count). The number of hydrogen-bond acceptors (Lipinski definition) is 4. The van der Waals surface area contributed by atoms with Crippen LogP contribution in [0.5, 0.6) is 0 Å². The van der Waals surface area contributed by atoms with Gasteiger partial charge in [0.15, 0.2) is 0 Å². The summed E-state index contributed by atoms with van der Waals surface area (Å²) < 4.78 is 26.2. The third kappa shape index (κ3) is 4.24. The fourth-order valence-corrected chi connectivity index (χ4v) is 4.14.